The maximum absolute atomic E-state index is 13.5. The van der Waals surface area contributed by atoms with Gasteiger partial charge in [0.1, 0.15) is 5.82 Å². The van der Waals surface area contributed by atoms with Crippen molar-refractivity contribution in [1.82, 2.24) is 19.1 Å². The Labute approximate surface area is 219 Å². The first kappa shape index (κ1) is 25.7. The lowest BCUT2D eigenvalue weighted by molar-refractivity contribution is -0.145. The molecule has 5 rings (SSSR count). The lowest BCUT2D eigenvalue weighted by atomic mass is 10.0. The molecule has 0 saturated carbocycles. The minimum absolute atomic E-state index is 0.130. The van der Waals surface area contributed by atoms with Gasteiger partial charge in [0.25, 0.3) is 5.56 Å². The summed E-state index contributed by atoms with van der Waals surface area (Å²) in [5.41, 5.74) is 6.04. The summed E-state index contributed by atoms with van der Waals surface area (Å²) >= 11 is 0. The summed E-state index contributed by atoms with van der Waals surface area (Å²) in [6, 6.07) is 8.08. The number of benzene rings is 1. The Kier molecular flexibility index (Phi) is 7.54. The monoisotopic (exact) mass is 521 g/mol. The Bertz CT molecular complexity index is 1470. The summed E-state index contributed by atoms with van der Waals surface area (Å²) in [6.45, 7) is 1.67. The smallest absolute Gasteiger partial charge is 0.321 e. The van der Waals surface area contributed by atoms with Crippen LogP contribution >= 0.6 is 0 Å². The van der Waals surface area contributed by atoms with E-state index in [1.807, 2.05) is 24.1 Å². The van der Waals surface area contributed by atoms with Gasteiger partial charge in [0.15, 0.2) is 6.73 Å². The van der Waals surface area contributed by atoms with Crippen LogP contribution < -0.4 is 31.8 Å². The van der Waals surface area contributed by atoms with Crippen molar-refractivity contribution in [1.29, 1.82) is 0 Å². The van der Waals surface area contributed by atoms with Gasteiger partial charge < -0.3 is 24.8 Å². The van der Waals surface area contributed by atoms with E-state index < -0.39 is 5.97 Å². The third-order valence-corrected chi connectivity index (χ3v) is 7.16. The van der Waals surface area contributed by atoms with Gasteiger partial charge in [-0.15, -0.1) is 0 Å². The predicted octanol–water partition coefficient (Wildman–Crippen LogP) is 0.547. The van der Waals surface area contributed by atoms with Gasteiger partial charge in [-0.05, 0) is 43.4 Å². The number of fused-ring (bicyclic) bond motifs is 1. The summed E-state index contributed by atoms with van der Waals surface area (Å²) < 4.78 is 22.2. The van der Waals surface area contributed by atoms with Crippen LogP contribution in [0.25, 0.3) is 12.2 Å². The molecule has 11 heteroatoms. The van der Waals surface area contributed by atoms with Gasteiger partial charge in [-0.25, -0.2) is 18.9 Å². The zero-order chi connectivity index (χ0) is 26.6. The molecule has 0 spiro atoms. The van der Waals surface area contributed by atoms with Crippen LogP contribution in [0.15, 0.2) is 41.3 Å². The van der Waals surface area contributed by atoms with E-state index in [1.54, 1.807) is 0 Å². The molecule has 0 atom stereocenters. The van der Waals surface area contributed by atoms with Crippen molar-refractivity contribution >= 4 is 30.0 Å². The van der Waals surface area contributed by atoms with Gasteiger partial charge in [0.2, 0.25) is 11.9 Å². The van der Waals surface area contributed by atoms with E-state index in [4.69, 9.17) is 15.5 Å². The quantitative estimate of drug-likeness (QED) is 0.428. The highest BCUT2D eigenvalue weighted by Gasteiger charge is 2.28. The van der Waals surface area contributed by atoms with Crippen molar-refractivity contribution in [2.24, 2.45) is 5.73 Å². The molecule has 0 amide bonds. The van der Waals surface area contributed by atoms with Gasteiger partial charge in [0.05, 0.1) is 23.8 Å². The second-order valence-corrected chi connectivity index (χ2v) is 9.57. The van der Waals surface area contributed by atoms with E-state index in [1.165, 1.54) is 29.0 Å². The number of anilines is 2. The maximum atomic E-state index is 13.5. The predicted molar refractivity (Wildman–Crippen MR) is 142 cm³/mol. The summed E-state index contributed by atoms with van der Waals surface area (Å²) in [7, 11) is 1.90. The molecule has 0 bridgehead atoms. The normalized spacial score (nSPS) is 15.4. The average Bonchev–Trinajstić information content (AvgIpc) is 3.31. The lowest BCUT2D eigenvalue weighted by Crippen LogP contribution is -2.46. The molecule has 1 saturated heterocycles. The fourth-order valence-corrected chi connectivity index (χ4v) is 5.09. The van der Waals surface area contributed by atoms with Crippen LogP contribution in [0.3, 0.4) is 0 Å². The van der Waals surface area contributed by atoms with Crippen LogP contribution in [0.2, 0.25) is 0 Å². The Morgan fingerprint density at radius 1 is 1.13 bits per heavy atom. The van der Waals surface area contributed by atoms with Crippen molar-refractivity contribution in [3.63, 3.8) is 0 Å². The van der Waals surface area contributed by atoms with E-state index in [0.717, 1.165) is 61.0 Å². The minimum atomic E-state index is -0.587. The number of rotatable bonds is 8. The standard InChI is InChI=1S/C27H32FN7O3/c1-32(26-30-13-10-24(36)35(26)18-38-25(37)16-29)21-11-14-33(15-12-21)27-31-22-4-2-3-5-23(22)34(27)17-19-6-8-20(28)9-7-19/h4-10,13,21H,2-3,11-12,14-18,29H2,1H3. The molecule has 10 nitrogen and oxygen atoms in total. The highest BCUT2D eigenvalue weighted by molar-refractivity contribution is 5.71. The van der Waals surface area contributed by atoms with Crippen LogP contribution in [0.1, 0.15) is 31.2 Å². The van der Waals surface area contributed by atoms with Gasteiger partial charge >= 0.3 is 5.97 Å². The number of piperidine rings is 1. The van der Waals surface area contributed by atoms with E-state index in [0.29, 0.717) is 12.5 Å². The molecular weight excluding hydrogens is 489 g/mol. The van der Waals surface area contributed by atoms with Crippen molar-refractivity contribution in [2.45, 2.75) is 45.0 Å². The highest BCUT2D eigenvalue weighted by atomic mass is 19.1. The summed E-state index contributed by atoms with van der Waals surface area (Å²) in [4.78, 5) is 37.7. The first-order valence-corrected chi connectivity index (χ1v) is 12.9. The maximum Gasteiger partial charge on any atom is 0.321 e. The molecule has 1 aliphatic heterocycles. The Morgan fingerprint density at radius 3 is 2.61 bits per heavy atom. The Balaban J connectivity index is 1.34. The van der Waals surface area contributed by atoms with Gasteiger partial charge in [-0.2, -0.15) is 0 Å². The number of hydrogen-bond acceptors (Lipinski definition) is 8. The fraction of sp³-hybridized carbons (Fsp3) is 0.407. The first-order valence-electron chi connectivity index (χ1n) is 12.9. The molecular formula is C27H32FN7O3. The van der Waals surface area contributed by atoms with Crippen LogP contribution in [0.5, 0.6) is 0 Å². The number of ether oxygens (including phenoxy) is 1. The number of aromatic nitrogens is 4. The first-order chi connectivity index (χ1) is 18.4. The number of nitrogens with two attached hydrogens (primary N) is 1. The Hall–Kier alpha value is -3.99. The molecule has 2 N–H and O–H groups in total. The van der Waals surface area contributed by atoms with Gasteiger partial charge in [-0.3, -0.25) is 9.59 Å². The molecule has 1 fully saturated rings. The van der Waals surface area contributed by atoms with Crippen molar-refractivity contribution < 1.29 is 13.9 Å². The van der Waals surface area contributed by atoms with Crippen LogP contribution in [-0.4, -0.2) is 57.8 Å². The minimum Gasteiger partial charge on any atom is -0.443 e. The second-order valence-electron chi connectivity index (χ2n) is 9.57. The zero-order valence-corrected chi connectivity index (χ0v) is 21.4. The molecule has 2 aromatic heterocycles. The van der Waals surface area contributed by atoms with E-state index in [2.05, 4.69) is 26.6 Å². The number of nitrogens with zero attached hydrogens (tertiary/aromatic N) is 6. The number of imidazole rings is 1. The highest BCUT2D eigenvalue weighted by Crippen LogP contribution is 2.23. The number of carbonyl (C=O) groups is 1. The molecule has 3 aromatic rings. The van der Waals surface area contributed by atoms with Crippen LogP contribution in [-0.2, 0) is 22.8 Å². The zero-order valence-electron chi connectivity index (χ0n) is 21.4. The molecule has 200 valence electrons. The van der Waals surface area contributed by atoms with Gasteiger partial charge in [-0.1, -0.05) is 24.3 Å². The third-order valence-electron chi connectivity index (χ3n) is 7.16. The van der Waals surface area contributed by atoms with E-state index in [9.17, 15) is 14.0 Å². The molecule has 2 aliphatic rings. The number of carbonyl (C=O) groups excluding carboxylic acids is 1. The lowest BCUT2D eigenvalue weighted by Gasteiger charge is -2.38. The van der Waals surface area contributed by atoms with Crippen LogP contribution in [0, 0.1) is 5.82 Å². The summed E-state index contributed by atoms with van der Waals surface area (Å²) in [5, 5.41) is 2.11. The number of hydrogen-bond donors (Lipinski definition) is 1. The fourth-order valence-electron chi connectivity index (χ4n) is 5.09. The Morgan fingerprint density at radius 2 is 1.87 bits per heavy atom. The molecule has 0 unspecified atom stereocenters. The van der Waals surface area contributed by atoms with Crippen molar-refractivity contribution in [2.75, 3.05) is 36.5 Å². The molecule has 38 heavy (non-hydrogen) atoms. The summed E-state index contributed by atoms with van der Waals surface area (Å²) in [5.74, 6) is 0.524. The van der Waals surface area contributed by atoms with Crippen molar-refractivity contribution in [3.8, 4) is 0 Å². The molecule has 1 aromatic carbocycles. The van der Waals surface area contributed by atoms with Gasteiger partial charge in [0, 0.05) is 38.4 Å². The average molecular weight is 522 g/mol. The molecule has 0 radical (unpaired) electrons. The topological polar surface area (TPSA) is 112 Å². The molecule has 1 aliphatic carbocycles. The third kappa shape index (κ3) is 5.33. The number of esters is 1. The van der Waals surface area contributed by atoms with E-state index >= 15 is 0 Å². The SMILES string of the molecule is CN(c1nccc(=O)n1COC(=O)CN)C1CCN(c2nc3c(n2Cc2ccc(F)cc2)=CCCC=3)CC1. The van der Waals surface area contributed by atoms with E-state index in [-0.39, 0.29) is 30.7 Å². The molecule has 3 heterocycles. The number of halogens is 1. The van der Waals surface area contributed by atoms with Crippen LogP contribution in [0.4, 0.5) is 16.3 Å². The van der Waals surface area contributed by atoms with Crippen molar-refractivity contribution in [3.05, 3.63) is 69.0 Å². The summed E-state index contributed by atoms with van der Waals surface area (Å²) in [6.07, 6.45) is 9.47. The largest absolute Gasteiger partial charge is 0.443 e. The second kappa shape index (κ2) is 11.2.